The minimum atomic E-state index is -0.514. The zero-order chi connectivity index (χ0) is 19.7. The molecule has 7 heteroatoms. The van der Waals surface area contributed by atoms with Gasteiger partial charge in [0.15, 0.2) is 11.5 Å². The van der Waals surface area contributed by atoms with Gasteiger partial charge < -0.3 is 25.0 Å². The van der Waals surface area contributed by atoms with Crippen molar-refractivity contribution in [3.8, 4) is 11.5 Å². The summed E-state index contributed by atoms with van der Waals surface area (Å²) in [5.41, 5.74) is 0.940. The Morgan fingerprint density at radius 3 is 2.67 bits per heavy atom. The first-order valence-corrected chi connectivity index (χ1v) is 10.7. The van der Waals surface area contributed by atoms with Crippen LogP contribution in [0.4, 0.5) is 0 Å². The SMILES string of the molecule is COc1cc(CNCC(C)(C)CO)ccc1OCC(O)CN1CCSCC1. The molecular weight excluding hydrogens is 364 g/mol. The van der Waals surface area contributed by atoms with Crippen molar-refractivity contribution < 1.29 is 19.7 Å². The normalized spacial score (nSPS) is 16.9. The summed E-state index contributed by atoms with van der Waals surface area (Å²) in [6, 6.07) is 5.82. The van der Waals surface area contributed by atoms with Crippen LogP contribution in [0.3, 0.4) is 0 Å². The maximum atomic E-state index is 10.3. The maximum Gasteiger partial charge on any atom is 0.161 e. The van der Waals surface area contributed by atoms with Crippen LogP contribution in [0.15, 0.2) is 18.2 Å². The summed E-state index contributed by atoms with van der Waals surface area (Å²) >= 11 is 1.96. The van der Waals surface area contributed by atoms with E-state index in [2.05, 4.69) is 10.2 Å². The molecule has 0 bridgehead atoms. The number of methoxy groups -OCH3 is 1. The van der Waals surface area contributed by atoms with E-state index in [0.29, 0.717) is 24.6 Å². The molecule has 0 aliphatic carbocycles. The van der Waals surface area contributed by atoms with E-state index in [1.54, 1.807) is 7.11 Å². The molecule has 3 N–H and O–H groups in total. The quantitative estimate of drug-likeness (QED) is 0.523. The van der Waals surface area contributed by atoms with E-state index in [1.165, 1.54) is 0 Å². The molecule has 1 aromatic rings. The molecule has 2 rings (SSSR count). The predicted molar refractivity (Wildman–Crippen MR) is 111 cm³/mol. The van der Waals surface area contributed by atoms with Gasteiger partial charge in [0, 0.05) is 56.3 Å². The molecule has 27 heavy (non-hydrogen) atoms. The van der Waals surface area contributed by atoms with Crippen LogP contribution in [0.25, 0.3) is 0 Å². The molecule has 0 spiro atoms. The van der Waals surface area contributed by atoms with E-state index >= 15 is 0 Å². The maximum absolute atomic E-state index is 10.3. The van der Waals surface area contributed by atoms with Gasteiger partial charge in [0.05, 0.1) is 7.11 Å². The van der Waals surface area contributed by atoms with Gasteiger partial charge in [-0.3, -0.25) is 4.90 Å². The van der Waals surface area contributed by atoms with Gasteiger partial charge in [0.1, 0.15) is 12.7 Å². The minimum Gasteiger partial charge on any atom is -0.493 e. The Balaban J connectivity index is 1.82. The first kappa shape index (κ1) is 22.3. The van der Waals surface area contributed by atoms with E-state index in [4.69, 9.17) is 9.47 Å². The second kappa shape index (κ2) is 11.1. The minimum absolute atomic E-state index is 0.143. The molecule has 1 heterocycles. The topological polar surface area (TPSA) is 74.2 Å². The molecule has 1 saturated heterocycles. The van der Waals surface area contributed by atoms with E-state index in [-0.39, 0.29) is 18.6 Å². The number of aliphatic hydroxyl groups excluding tert-OH is 2. The summed E-state index contributed by atoms with van der Waals surface area (Å²) in [5, 5.41) is 22.9. The fourth-order valence-electron chi connectivity index (χ4n) is 2.86. The number of aliphatic hydroxyl groups is 2. The molecule has 1 unspecified atom stereocenters. The first-order chi connectivity index (χ1) is 12.9. The van der Waals surface area contributed by atoms with Crippen LogP contribution in [-0.4, -0.2) is 79.2 Å². The van der Waals surface area contributed by atoms with Crippen LogP contribution in [-0.2, 0) is 6.54 Å². The number of ether oxygens (including phenoxy) is 2. The summed E-state index contributed by atoms with van der Waals surface area (Å²) in [6.45, 7) is 8.56. The van der Waals surface area contributed by atoms with Gasteiger partial charge in [-0.15, -0.1) is 0 Å². The van der Waals surface area contributed by atoms with Gasteiger partial charge in [0.2, 0.25) is 0 Å². The lowest BCUT2D eigenvalue weighted by molar-refractivity contribution is 0.0705. The van der Waals surface area contributed by atoms with Crippen LogP contribution in [0.5, 0.6) is 11.5 Å². The molecule has 154 valence electrons. The predicted octanol–water partition coefficient (Wildman–Crippen LogP) is 1.59. The van der Waals surface area contributed by atoms with E-state index in [1.807, 2.05) is 43.8 Å². The summed E-state index contributed by atoms with van der Waals surface area (Å²) in [7, 11) is 1.62. The van der Waals surface area contributed by atoms with Crippen LogP contribution in [0, 0.1) is 5.41 Å². The number of nitrogens with one attached hydrogen (secondary N) is 1. The molecule has 6 nitrogen and oxygen atoms in total. The average Bonchev–Trinajstić information content (AvgIpc) is 2.67. The summed E-state index contributed by atoms with van der Waals surface area (Å²) < 4.78 is 11.3. The average molecular weight is 399 g/mol. The van der Waals surface area contributed by atoms with Gasteiger partial charge in [0.25, 0.3) is 0 Å². The number of benzene rings is 1. The van der Waals surface area contributed by atoms with Crippen LogP contribution >= 0.6 is 11.8 Å². The Labute approximate surface area is 167 Å². The van der Waals surface area contributed by atoms with Crippen LogP contribution in [0.1, 0.15) is 19.4 Å². The highest BCUT2D eigenvalue weighted by Gasteiger charge is 2.17. The van der Waals surface area contributed by atoms with Gasteiger partial charge >= 0.3 is 0 Å². The van der Waals surface area contributed by atoms with E-state index in [0.717, 1.165) is 36.7 Å². The number of rotatable bonds is 11. The Kier molecular flexibility index (Phi) is 9.18. The number of thioether (sulfide) groups is 1. The lowest BCUT2D eigenvalue weighted by Crippen LogP contribution is -2.40. The van der Waals surface area contributed by atoms with Crippen LogP contribution in [0.2, 0.25) is 0 Å². The molecule has 1 aliphatic heterocycles. The zero-order valence-electron chi connectivity index (χ0n) is 16.7. The highest BCUT2D eigenvalue weighted by Crippen LogP contribution is 2.28. The molecule has 0 amide bonds. The van der Waals surface area contributed by atoms with Crippen LogP contribution < -0.4 is 14.8 Å². The Morgan fingerprint density at radius 2 is 2.00 bits per heavy atom. The number of hydrogen-bond donors (Lipinski definition) is 3. The molecule has 0 saturated carbocycles. The smallest absolute Gasteiger partial charge is 0.161 e. The fourth-order valence-corrected chi connectivity index (χ4v) is 3.84. The molecule has 1 atom stereocenters. The molecule has 0 aromatic heterocycles. The van der Waals surface area contributed by atoms with E-state index < -0.39 is 6.10 Å². The van der Waals surface area contributed by atoms with Crippen molar-refractivity contribution in [1.29, 1.82) is 0 Å². The number of hydrogen-bond acceptors (Lipinski definition) is 7. The summed E-state index contributed by atoms with van der Waals surface area (Å²) in [5.74, 6) is 3.57. The molecule has 1 aromatic carbocycles. The van der Waals surface area contributed by atoms with Crippen molar-refractivity contribution in [3.63, 3.8) is 0 Å². The summed E-state index contributed by atoms with van der Waals surface area (Å²) in [4.78, 5) is 2.28. The van der Waals surface area contributed by atoms with Crippen molar-refractivity contribution in [1.82, 2.24) is 10.2 Å². The van der Waals surface area contributed by atoms with Gasteiger partial charge in [-0.1, -0.05) is 19.9 Å². The highest BCUT2D eigenvalue weighted by atomic mass is 32.2. The van der Waals surface area contributed by atoms with Crippen molar-refractivity contribution in [2.45, 2.75) is 26.5 Å². The Hall–Kier alpha value is -0.990. The molecule has 1 fully saturated rings. The Morgan fingerprint density at radius 1 is 1.26 bits per heavy atom. The van der Waals surface area contributed by atoms with Gasteiger partial charge in [-0.2, -0.15) is 11.8 Å². The summed E-state index contributed by atoms with van der Waals surface area (Å²) in [6.07, 6.45) is -0.514. The molecule has 0 radical (unpaired) electrons. The van der Waals surface area contributed by atoms with Crippen molar-refractivity contribution >= 4 is 11.8 Å². The van der Waals surface area contributed by atoms with Crippen molar-refractivity contribution in [3.05, 3.63) is 23.8 Å². The molecule has 1 aliphatic rings. The standard InChI is InChI=1S/C20H34N2O4S/c1-20(2,15-23)14-21-11-16-4-5-18(19(10-16)25-3)26-13-17(24)12-22-6-8-27-9-7-22/h4-5,10,17,21,23-24H,6-9,11-15H2,1-3H3. The highest BCUT2D eigenvalue weighted by molar-refractivity contribution is 7.99. The second-order valence-electron chi connectivity index (χ2n) is 7.79. The third kappa shape index (κ3) is 7.87. The lowest BCUT2D eigenvalue weighted by atomic mass is 9.95. The van der Waals surface area contributed by atoms with Gasteiger partial charge in [-0.25, -0.2) is 0 Å². The Bertz CT molecular complexity index is 565. The van der Waals surface area contributed by atoms with Crippen molar-refractivity contribution in [2.24, 2.45) is 5.41 Å². The van der Waals surface area contributed by atoms with E-state index in [9.17, 15) is 10.2 Å². The fraction of sp³-hybridized carbons (Fsp3) is 0.700. The third-order valence-corrected chi connectivity index (χ3v) is 5.54. The number of nitrogens with zero attached hydrogens (tertiary/aromatic N) is 1. The number of β-amino-alcohol motifs (C(OH)–C–C–N with tert-alkyl or cyclic N) is 1. The van der Waals surface area contributed by atoms with Crippen molar-refractivity contribution in [2.75, 3.05) is 58.0 Å². The first-order valence-electron chi connectivity index (χ1n) is 9.53. The van der Waals surface area contributed by atoms with Gasteiger partial charge in [-0.05, 0) is 17.7 Å². The lowest BCUT2D eigenvalue weighted by Gasteiger charge is -2.28. The zero-order valence-corrected chi connectivity index (χ0v) is 17.6. The second-order valence-corrected chi connectivity index (χ2v) is 9.01. The largest absolute Gasteiger partial charge is 0.493 e. The third-order valence-electron chi connectivity index (χ3n) is 4.59. The molecular formula is C20H34N2O4S. The monoisotopic (exact) mass is 398 g/mol.